The standard InChI is InChI=1S/C18H28O4/c1-10(2)21-14-15(19)17-8-6-7-13(17)12(5)9-18(17,20)16(14)22-11(3)4/h10-13,20H,6-9H2,1-5H3/t12-,13+,17-,18+/m0/s1. The summed E-state index contributed by atoms with van der Waals surface area (Å²) < 4.78 is 11.8. The molecule has 0 unspecified atom stereocenters. The maximum Gasteiger partial charge on any atom is 0.210 e. The average Bonchev–Trinajstić information content (AvgIpc) is 2.97. The summed E-state index contributed by atoms with van der Waals surface area (Å²) in [4.78, 5) is 13.2. The smallest absolute Gasteiger partial charge is 0.210 e. The Kier molecular flexibility index (Phi) is 3.59. The Bertz CT molecular complexity index is 521. The summed E-state index contributed by atoms with van der Waals surface area (Å²) in [6.45, 7) is 9.79. The zero-order valence-corrected chi connectivity index (χ0v) is 14.3. The van der Waals surface area contributed by atoms with Crippen LogP contribution >= 0.6 is 0 Å². The first kappa shape index (κ1) is 15.9. The molecule has 3 rings (SSSR count). The van der Waals surface area contributed by atoms with Crippen LogP contribution in [-0.4, -0.2) is 28.7 Å². The minimum absolute atomic E-state index is 0.0220. The molecule has 4 heteroatoms. The predicted molar refractivity (Wildman–Crippen MR) is 83.0 cm³/mol. The molecule has 0 aromatic carbocycles. The molecule has 4 atom stereocenters. The Balaban J connectivity index is 2.12. The largest absolute Gasteiger partial charge is 0.488 e. The van der Waals surface area contributed by atoms with Gasteiger partial charge in [-0.15, -0.1) is 0 Å². The van der Waals surface area contributed by atoms with E-state index >= 15 is 0 Å². The van der Waals surface area contributed by atoms with Gasteiger partial charge in [-0.05, 0) is 58.8 Å². The van der Waals surface area contributed by atoms with Gasteiger partial charge in [0.25, 0.3) is 0 Å². The number of carbonyl (C=O) groups is 1. The average molecular weight is 308 g/mol. The molecule has 2 saturated carbocycles. The first-order valence-corrected chi connectivity index (χ1v) is 8.59. The van der Waals surface area contributed by atoms with Gasteiger partial charge in [0.2, 0.25) is 11.5 Å². The van der Waals surface area contributed by atoms with Crippen molar-refractivity contribution < 1.29 is 19.4 Å². The number of Topliss-reactive ketones (excluding diaryl/α,β-unsaturated/α-hetero) is 1. The van der Waals surface area contributed by atoms with Gasteiger partial charge in [-0.1, -0.05) is 13.3 Å². The summed E-state index contributed by atoms with van der Waals surface area (Å²) in [5, 5.41) is 11.5. The van der Waals surface area contributed by atoms with E-state index in [0.717, 1.165) is 19.3 Å². The van der Waals surface area contributed by atoms with E-state index in [1.54, 1.807) is 0 Å². The lowest BCUT2D eigenvalue weighted by molar-refractivity contribution is -0.139. The number of carbonyl (C=O) groups excluding carboxylic acids is 1. The van der Waals surface area contributed by atoms with Crippen LogP contribution in [0, 0.1) is 17.3 Å². The van der Waals surface area contributed by atoms with Crippen LogP contribution in [0.5, 0.6) is 0 Å². The Morgan fingerprint density at radius 2 is 1.82 bits per heavy atom. The van der Waals surface area contributed by atoms with Crippen molar-refractivity contribution in [2.45, 2.75) is 78.1 Å². The van der Waals surface area contributed by atoms with Crippen molar-refractivity contribution in [1.82, 2.24) is 0 Å². The van der Waals surface area contributed by atoms with Crippen LogP contribution in [0.2, 0.25) is 0 Å². The van der Waals surface area contributed by atoms with Crippen molar-refractivity contribution in [3.05, 3.63) is 11.5 Å². The zero-order valence-electron chi connectivity index (χ0n) is 14.3. The lowest BCUT2D eigenvalue weighted by Gasteiger charge is -2.36. The van der Waals surface area contributed by atoms with Gasteiger partial charge in [-0.3, -0.25) is 4.79 Å². The molecule has 0 bridgehead atoms. The van der Waals surface area contributed by atoms with Gasteiger partial charge in [0, 0.05) is 0 Å². The van der Waals surface area contributed by atoms with Crippen LogP contribution in [-0.2, 0) is 14.3 Å². The summed E-state index contributed by atoms with van der Waals surface area (Å²) in [5.74, 6) is 1.24. The number of ether oxygens (including phenoxy) is 2. The van der Waals surface area contributed by atoms with Crippen molar-refractivity contribution in [3.63, 3.8) is 0 Å². The molecule has 0 heterocycles. The normalized spacial score (nSPS) is 40.6. The second-order valence-corrected chi connectivity index (χ2v) is 7.83. The fourth-order valence-corrected chi connectivity index (χ4v) is 5.09. The van der Waals surface area contributed by atoms with Crippen molar-refractivity contribution in [1.29, 1.82) is 0 Å². The SMILES string of the molecule is CC(C)OC1=C(OC(C)C)[C@]2(O)C[C@H](C)[C@H]3CCC[C@@]32C1=O. The maximum atomic E-state index is 13.2. The van der Waals surface area contributed by atoms with Crippen molar-refractivity contribution in [2.75, 3.05) is 0 Å². The first-order chi connectivity index (χ1) is 10.2. The minimum atomic E-state index is -1.18. The molecule has 3 aliphatic carbocycles. The lowest BCUT2D eigenvalue weighted by atomic mass is 9.70. The monoisotopic (exact) mass is 308 g/mol. The topological polar surface area (TPSA) is 55.8 Å². The van der Waals surface area contributed by atoms with Crippen LogP contribution in [0.15, 0.2) is 11.5 Å². The van der Waals surface area contributed by atoms with Gasteiger partial charge in [0.05, 0.1) is 17.6 Å². The van der Waals surface area contributed by atoms with E-state index in [0.29, 0.717) is 18.1 Å². The van der Waals surface area contributed by atoms with E-state index in [2.05, 4.69) is 6.92 Å². The summed E-state index contributed by atoms with van der Waals surface area (Å²) >= 11 is 0. The Morgan fingerprint density at radius 3 is 2.41 bits per heavy atom. The van der Waals surface area contributed by atoms with Crippen LogP contribution in [0.4, 0.5) is 0 Å². The van der Waals surface area contributed by atoms with Gasteiger partial charge in [0.1, 0.15) is 5.60 Å². The van der Waals surface area contributed by atoms with Crippen LogP contribution in [0.1, 0.15) is 60.3 Å². The summed E-state index contributed by atoms with van der Waals surface area (Å²) in [6, 6.07) is 0. The molecule has 1 spiro atoms. The second kappa shape index (κ2) is 4.98. The number of ketones is 1. The third-order valence-electron chi connectivity index (χ3n) is 5.66. The molecule has 0 saturated heterocycles. The summed E-state index contributed by atoms with van der Waals surface area (Å²) in [6.07, 6.45) is 3.14. The molecule has 1 N–H and O–H groups in total. The summed E-state index contributed by atoms with van der Waals surface area (Å²) in [5.41, 5.74) is -1.89. The van der Waals surface area contributed by atoms with Gasteiger partial charge < -0.3 is 14.6 Å². The third-order valence-corrected chi connectivity index (χ3v) is 5.66. The van der Waals surface area contributed by atoms with Crippen molar-refractivity contribution in [2.24, 2.45) is 17.3 Å². The molecule has 0 aromatic heterocycles. The molecule has 2 fully saturated rings. The molecule has 0 radical (unpaired) electrons. The lowest BCUT2D eigenvalue weighted by Crippen LogP contribution is -2.47. The van der Waals surface area contributed by atoms with E-state index in [4.69, 9.17) is 9.47 Å². The van der Waals surface area contributed by atoms with Gasteiger partial charge in [0.15, 0.2) is 5.76 Å². The number of hydrogen-bond donors (Lipinski definition) is 1. The second-order valence-electron chi connectivity index (χ2n) is 7.83. The highest BCUT2D eigenvalue weighted by atomic mass is 16.5. The van der Waals surface area contributed by atoms with E-state index in [-0.39, 0.29) is 29.7 Å². The Morgan fingerprint density at radius 1 is 1.18 bits per heavy atom. The molecule has 4 nitrogen and oxygen atoms in total. The maximum absolute atomic E-state index is 13.2. The van der Waals surface area contributed by atoms with Crippen molar-refractivity contribution in [3.8, 4) is 0 Å². The molecule has 0 aliphatic heterocycles. The number of hydrogen-bond acceptors (Lipinski definition) is 4. The molecular weight excluding hydrogens is 280 g/mol. The molecule has 0 aromatic rings. The Hall–Kier alpha value is -1.03. The third kappa shape index (κ3) is 1.82. The highest BCUT2D eigenvalue weighted by Gasteiger charge is 2.75. The molecule has 22 heavy (non-hydrogen) atoms. The van der Waals surface area contributed by atoms with E-state index in [9.17, 15) is 9.90 Å². The fourth-order valence-electron chi connectivity index (χ4n) is 5.09. The van der Waals surface area contributed by atoms with Crippen LogP contribution in [0.3, 0.4) is 0 Å². The highest BCUT2D eigenvalue weighted by Crippen LogP contribution is 2.68. The van der Waals surface area contributed by atoms with Gasteiger partial charge >= 0.3 is 0 Å². The predicted octanol–water partition coefficient (Wildman–Crippen LogP) is 3.19. The van der Waals surface area contributed by atoms with Gasteiger partial charge in [-0.25, -0.2) is 0 Å². The zero-order chi connectivity index (χ0) is 16.3. The van der Waals surface area contributed by atoms with Crippen LogP contribution < -0.4 is 0 Å². The Labute approximate surface area is 132 Å². The highest BCUT2D eigenvalue weighted by molar-refractivity contribution is 6.04. The number of aliphatic hydroxyl groups is 1. The molecular formula is C18H28O4. The number of allylic oxidation sites excluding steroid dienone is 1. The quantitative estimate of drug-likeness (QED) is 0.866. The van der Waals surface area contributed by atoms with Crippen LogP contribution in [0.25, 0.3) is 0 Å². The first-order valence-electron chi connectivity index (χ1n) is 8.59. The van der Waals surface area contributed by atoms with E-state index in [1.807, 2.05) is 27.7 Å². The van der Waals surface area contributed by atoms with Crippen molar-refractivity contribution >= 4 is 5.78 Å². The van der Waals surface area contributed by atoms with E-state index in [1.165, 1.54) is 0 Å². The van der Waals surface area contributed by atoms with Gasteiger partial charge in [-0.2, -0.15) is 0 Å². The molecule has 0 amide bonds. The minimum Gasteiger partial charge on any atom is -0.488 e. The molecule has 3 aliphatic rings. The van der Waals surface area contributed by atoms with E-state index < -0.39 is 11.0 Å². The number of rotatable bonds is 4. The fraction of sp³-hybridized carbons (Fsp3) is 0.833. The molecule has 124 valence electrons. The summed E-state index contributed by atoms with van der Waals surface area (Å²) in [7, 11) is 0.